The van der Waals surface area contributed by atoms with Gasteiger partial charge in [0.1, 0.15) is 5.54 Å². The molecule has 0 aliphatic heterocycles. The summed E-state index contributed by atoms with van der Waals surface area (Å²) in [5, 5.41) is 21.6. The van der Waals surface area contributed by atoms with Crippen molar-refractivity contribution in [3.8, 4) is 0 Å². The third-order valence-electron chi connectivity index (χ3n) is 2.50. The molecule has 1 aromatic rings. The molecule has 0 spiro atoms. The number of hydrogen-bond donors (Lipinski definition) is 2. The van der Waals surface area contributed by atoms with E-state index in [-0.39, 0.29) is 5.69 Å². The van der Waals surface area contributed by atoms with E-state index in [1.165, 1.54) is 50.3 Å². The fourth-order valence-electron chi connectivity index (χ4n) is 1.28. The van der Waals surface area contributed by atoms with Gasteiger partial charge in [0.05, 0.1) is 4.92 Å². The van der Waals surface area contributed by atoms with E-state index in [4.69, 9.17) is 5.11 Å². The molecule has 0 aliphatic rings. The number of hydrogen-bond acceptors (Lipinski definition) is 4. The normalized spacial score (nSPS) is 11.3. The maximum Gasteiger partial charge on any atom is 0.328 e. The maximum absolute atomic E-state index is 11.5. The fourth-order valence-corrected chi connectivity index (χ4v) is 1.28. The first kappa shape index (κ1) is 15.4. The van der Waals surface area contributed by atoms with Crippen LogP contribution in [0.15, 0.2) is 30.3 Å². The average Bonchev–Trinajstić information content (AvgIpc) is 2.36. The molecule has 0 saturated carbocycles. The van der Waals surface area contributed by atoms with Gasteiger partial charge in [-0.1, -0.05) is 0 Å². The highest BCUT2D eigenvalue weighted by Crippen LogP contribution is 2.12. The number of nitrogens with zero attached hydrogens (tertiary/aromatic N) is 1. The number of amides is 1. The van der Waals surface area contributed by atoms with E-state index in [1.807, 2.05) is 0 Å². The zero-order valence-corrected chi connectivity index (χ0v) is 11.0. The lowest BCUT2D eigenvalue weighted by Crippen LogP contribution is -2.49. The Bertz CT molecular complexity index is 561. The van der Waals surface area contributed by atoms with Crippen molar-refractivity contribution in [2.45, 2.75) is 19.4 Å². The Morgan fingerprint density at radius 1 is 1.30 bits per heavy atom. The van der Waals surface area contributed by atoms with Crippen molar-refractivity contribution in [1.29, 1.82) is 0 Å². The van der Waals surface area contributed by atoms with Gasteiger partial charge in [0, 0.05) is 18.2 Å². The Kier molecular flexibility index (Phi) is 4.58. The highest BCUT2D eigenvalue weighted by Gasteiger charge is 2.27. The molecule has 0 saturated heterocycles. The summed E-state index contributed by atoms with van der Waals surface area (Å²) in [4.78, 5) is 32.3. The van der Waals surface area contributed by atoms with E-state index >= 15 is 0 Å². The number of nitro benzene ring substituents is 1. The van der Waals surface area contributed by atoms with Gasteiger partial charge in [0.15, 0.2) is 0 Å². The Morgan fingerprint density at radius 2 is 1.85 bits per heavy atom. The number of nitro groups is 1. The molecular weight excluding hydrogens is 264 g/mol. The van der Waals surface area contributed by atoms with E-state index < -0.39 is 22.3 Å². The smallest absolute Gasteiger partial charge is 0.328 e. The molecule has 0 fully saturated rings. The second kappa shape index (κ2) is 5.96. The third-order valence-corrected chi connectivity index (χ3v) is 2.50. The quantitative estimate of drug-likeness (QED) is 0.483. The van der Waals surface area contributed by atoms with Crippen molar-refractivity contribution in [1.82, 2.24) is 5.32 Å². The van der Waals surface area contributed by atoms with Gasteiger partial charge < -0.3 is 10.4 Å². The van der Waals surface area contributed by atoms with Gasteiger partial charge in [0.2, 0.25) is 5.91 Å². The highest BCUT2D eigenvalue weighted by atomic mass is 16.6. The van der Waals surface area contributed by atoms with Gasteiger partial charge >= 0.3 is 5.97 Å². The molecule has 1 rings (SSSR count). The summed E-state index contributed by atoms with van der Waals surface area (Å²) >= 11 is 0. The number of carboxylic acids is 1. The number of rotatable bonds is 5. The van der Waals surface area contributed by atoms with Gasteiger partial charge in [0.25, 0.3) is 5.69 Å². The van der Waals surface area contributed by atoms with Gasteiger partial charge in [-0.3, -0.25) is 14.9 Å². The largest absolute Gasteiger partial charge is 0.480 e. The summed E-state index contributed by atoms with van der Waals surface area (Å²) in [6.45, 7) is 2.74. The number of benzene rings is 1. The topological polar surface area (TPSA) is 110 Å². The van der Waals surface area contributed by atoms with Crippen LogP contribution in [0.5, 0.6) is 0 Å². The summed E-state index contributed by atoms with van der Waals surface area (Å²) in [7, 11) is 0. The first-order chi connectivity index (χ1) is 9.22. The molecule has 1 amide bonds. The molecule has 0 aromatic heterocycles. The van der Waals surface area contributed by atoms with E-state index in [9.17, 15) is 19.7 Å². The van der Waals surface area contributed by atoms with Crippen LogP contribution in [-0.2, 0) is 9.59 Å². The van der Waals surface area contributed by atoms with Crippen LogP contribution in [0.3, 0.4) is 0 Å². The molecule has 0 aliphatic carbocycles. The van der Waals surface area contributed by atoms with Gasteiger partial charge in [-0.05, 0) is 37.6 Å². The Balaban J connectivity index is 2.70. The molecule has 0 bridgehead atoms. The molecular formula is C13H14N2O5. The average molecular weight is 278 g/mol. The zero-order valence-electron chi connectivity index (χ0n) is 11.0. The van der Waals surface area contributed by atoms with Crippen molar-refractivity contribution < 1.29 is 19.6 Å². The Hall–Kier alpha value is -2.70. The van der Waals surface area contributed by atoms with E-state index in [1.54, 1.807) is 0 Å². The minimum absolute atomic E-state index is 0.0430. The molecule has 1 aromatic carbocycles. The van der Waals surface area contributed by atoms with Gasteiger partial charge in [-0.25, -0.2) is 4.79 Å². The number of non-ortho nitro benzene ring substituents is 1. The zero-order chi connectivity index (χ0) is 15.3. The summed E-state index contributed by atoms with van der Waals surface area (Å²) in [5.74, 6) is -1.70. The molecule has 0 atom stereocenters. The monoisotopic (exact) mass is 278 g/mol. The molecule has 106 valence electrons. The Morgan fingerprint density at radius 3 is 2.30 bits per heavy atom. The minimum atomic E-state index is -1.36. The molecule has 0 radical (unpaired) electrons. The number of carbonyl (C=O) groups is 2. The van der Waals surface area contributed by atoms with Crippen LogP contribution in [0.2, 0.25) is 0 Å². The fraction of sp³-hybridized carbons (Fsp3) is 0.231. The SMILES string of the molecule is CC(C)(NC(=O)/C=C/c1ccc([N+](=O)[O-])cc1)C(=O)O. The van der Waals surface area contributed by atoms with E-state index in [2.05, 4.69) is 5.32 Å². The van der Waals surface area contributed by atoms with Crippen molar-refractivity contribution >= 4 is 23.6 Å². The van der Waals surface area contributed by atoms with Crippen molar-refractivity contribution in [2.24, 2.45) is 0 Å². The van der Waals surface area contributed by atoms with Crippen LogP contribution >= 0.6 is 0 Å². The number of aliphatic carboxylic acids is 1. The summed E-state index contributed by atoms with van der Waals surface area (Å²) in [6, 6.07) is 5.62. The second-order valence-electron chi connectivity index (χ2n) is 4.60. The summed E-state index contributed by atoms with van der Waals surface area (Å²) < 4.78 is 0. The summed E-state index contributed by atoms with van der Waals surface area (Å²) in [6.07, 6.45) is 2.61. The molecule has 2 N–H and O–H groups in total. The van der Waals surface area contributed by atoms with E-state index in [0.717, 1.165) is 0 Å². The molecule has 7 nitrogen and oxygen atoms in total. The highest BCUT2D eigenvalue weighted by molar-refractivity contribution is 5.95. The predicted octanol–water partition coefficient (Wildman–Crippen LogP) is 1.59. The lowest BCUT2D eigenvalue weighted by molar-refractivity contribution is -0.384. The first-order valence-corrected chi connectivity index (χ1v) is 5.70. The molecule has 0 unspecified atom stereocenters. The molecule has 7 heteroatoms. The number of carboxylic acid groups (broad SMARTS) is 1. The van der Waals surface area contributed by atoms with Crippen molar-refractivity contribution in [3.63, 3.8) is 0 Å². The molecule has 0 heterocycles. The first-order valence-electron chi connectivity index (χ1n) is 5.70. The minimum Gasteiger partial charge on any atom is -0.480 e. The van der Waals surface area contributed by atoms with Gasteiger partial charge in [-0.2, -0.15) is 0 Å². The number of nitrogens with one attached hydrogen (secondary N) is 1. The van der Waals surface area contributed by atoms with Crippen LogP contribution in [0.1, 0.15) is 19.4 Å². The van der Waals surface area contributed by atoms with Gasteiger partial charge in [-0.15, -0.1) is 0 Å². The lowest BCUT2D eigenvalue weighted by atomic mass is 10.1. The van der Waals surface area contributed by atoms with Crippen molar-refractivity contribution in [2.75, 3.05) is 0 Å². The molecule has 20 heavy (non-hydrogen) atoms. The van der Waals surface area contributed by atoms with Crippen LogP contribution in [0.4, 0.5) is 5.69 Å². The van der Waals surface area contributed by atoms with Crippen LogP contribution in [-0.4, -0.2) is 27.4 Å². The second-order valence-corrected chi connectivity index (χ2v) is 4.60. The standard InChI is InChI=1S/C13H14N2O5/c1-13(2,12(17)18)14-11(16)8-5-9-3-6-10(7-4-9)15(19)20/h3-8H,1-2H3,(H,14,16)(H,17,18)/b8-5+. The maximum atomic E-state index is 11.5. The number of carbonyl (C=O) groups excluding carboxylic acids is 1. The van der Waals surface area contributed by atoms with Crippen LogP contribution < -0.4 is 5.32 Å². The lowest BCUT2D eigenvalue weighted by Gasteiger charge is -2.19. The Labute approximate surface area is 115 Å². The van der Waals surface area contributed by atoms with Crippen LogP contribution in [0.25, 0.3) is 6.08 Å². The van der Waals surface area contributed by atoms with Crippen LogP contribution in [0, 0.1) is 10.1 Å². The predicted molar refractivity (Wildman–Crippen MR) is 72.0 cm³/mol. The third kappa shape index (κ3) is 4.20. The summed E-state index contributed by atoms with van der Waals surface area (Å²) in [5.41, 5.74) is -0.811. The van der Waals surface area contributed by atoms with E-state index in [0.29, 0.717) is 5.56 Å². The van der Waals surface area contributed by atoms with Crippen molar-refractivity contribution in [3.05, 3.63) is 46.0 Å².